The zero-order valence-corrected chi connectivity index (χ0v) is 24.2. The Morgan fingerprint density at radius 1 is 0.905 bits per heavy atom. The minimum Gasteiger partial charge on any atom is -0.457 e. The monoisotopic (exact) mass is 569 g/mol. The number of nitrogens with zero attached hydrogens (tertiary/aromatic N) is 5. The van der Waals surface area contributed by atoms with Gasteiger partial charge in [-0.3, -0.25) is 20.0 Å². The fraction of sp³-hybridized carbons (Fsp3) is 0.500. The van der Waals surface area contributed by atoms with Gasteiger partial charge in [0.05, 0.1) is 5.57 Å². The van der Waals surface area contributed by atoms with Crippen LogP contribution in [-0.2, 0) is 0 Å². The van der Waals surface area contributed by atoms with Crippen LogP contribution in [0.25, 0.3) is 5.70 Å². The number of nitrogens with two attached hydrogens (primary N) is 2. The average Bonchev–Trinajstić information content (AvgIpc) is 2.93. The molecular formula is C32H43N9O. The predicted molar refractivity (Wildman–Crippen MR) is 168 cm³/mol. The molecule has 0 aliphatic carbocycles. The number of benzene rings is 2. The number of rotatable bonds is 9. The summed E-state index contributed by atoms with van der Waals surface area (Å²) in [5, 5.41) is 7.12. The van der Waals surface area contributed by atoms with E-state index in [-0.39, 0.29) is 6.17 Å². The van der Waals surface area contributed by atoms with E-state index in [1.165, 1.54) is 45.8 Å². The third kappa shape index (κ3) is 5.95. The molecule has 2 aromatic rings. The van der Waals surface area contributed by atoms with Gasteiger partial charge >= 0.3 is 0 Å². The first-order valence-electron chi connectivity index (χ1n) is 15.4. The smallest absolute Gasteiger partial charge is 0.134 e. The van der Waals surface area contributed by atoms with Crippen LogP contribution < -0.4 is 26.8 Å². The number of para-hydroxylation sites is 1. The second-order valence-corrected chi connectivity index (χ2v) is 12.4. The number of hydrogen-bond acceptors (Lipinski definition) is 10. The first-order chi connectivity index (χ1) is 20.6. The molecule has 0 saturated carbocycles. The molecule has 5 aliphatic rings. The number of likely N-dealkylation sites (tertiary alicyclic amines) is 3. The van der Waals surface area contributed by atoms with Crippen LogP contribution in [0.4, 0.5) is 0 Å². The molecule has 10 heteroatoms. The van der Waals surface area contributed by atoms with E-state index >= 15 is 0 Å². The summed E-state index contributed by atoms with van der Waals surface area (Å²) in [6, 6.07) is 19.3. The van der Waals surface area contributed by atoms with Crippen LogP contribution in [-0.4, -0.2) is 110 Å². The molecule has 2 aromatic carbocycles. The zero-order valence-electron chi connectivity index (χ0n) is 24.2. The lowest BCUT2D eigenvalue weighted by atomic mass is 9.94. The van der Waals surface area contributed by atoms with Crippen LogP contribution in [0.5, 0.6) is 11.5 Å². The van der Waals surface area contributed by atoms with Gasteiger partial charge in [0.25, 0.3) is 0 Å². The molecule has 4 fully saturated rings. The summed E-state index contributed by atoms with van der Waals surface area (Å²) in [6.07, 6.45) is 3.41. The van der Waals surface area contributed by atoms with Crippen molar-refractivity contribution < 1.29 is 4.74 Å². The van der Waals surface area contributed by atoms with E-state index in [0.717, 1.165) is 60.5 Å². The lowest BCUT2D eigenvalue weighted by Crippen LogP contribution is -2.71. The number of ether oxygens (including phenoxy) is 1. The Morgan fingerprint density at radius 2 is 1.60 bits per heavy atom. The fourth-order valence-electron chi connectivity index (χ4n) is 6.78. The summed E-state index contributed by atoms with van der Waals surface area (Å²) in [5.41, 5.74) is 15.3. The highest BCUT2D eigenvalue weighted by Gasteiger charge is 2.42. The second kappa shape index (κ2) is 12.1. The molecule has 0 aromatic heterocycles. The van der Waals surface area contributed by atoms with Crippen molar-refractivity contribution in [2.75, 3.05) is 58.9 Å². The van der Waals surface area contributed by atoms with Gasteiger partial charge in [0.2, 0.25) is 0 Å². The van der Waals surface area contributed by atoms with Crippen LogP contribution in [0.15, 0.2) is 70.2 Å². The van der Waals surface area contributed by atoms with E-state index in [1.807, 2.05) is 54.6 Å². The molecule has 5 aliphatic heterocycles. The van der Waals surface area contributed by atoms with Crippen LogP contribution in [0.2, 0.25) is 0 Å². The van der Waals surface area contributed by atoms with E-state index in [1.54, 1.807) is 6.34 Å². The highest BCUT2D eigenvalue weighted by Crippen LogP contribution is 2.28. The molecule has 5 heterocycles. The van der Waals surface area contributed by atoms with Gasteiger partial charge in [-0.1, -0.05) is 18.2 Å². The van der Waals surface area contributed by atoms with Crippen molar-refractivity contribution in [3.8, 4) is 11.5 Å². The Bertz CT molecular complexity index is 1300. The Morgan fingerprint density at radius 3 is 2.29 bits per heavy atom. The summed E-state index contributed by atoms with van der Waals surface area (Å²) in [7, 11) is 0. The topological polar surface area (TPSA) is 120 Å². The first kappa shape index (κ1) is 27.5. The van der Waals surface area contributed by atoms with Gasteiger partial charge in [-0.15, -0.1) is 0 Å². The minimum absolute atomic E-state index is 0.309. The van der Waals surface area contributed by atoms with E-state index < -0.39 is 0 Å². The van der Waals surface area contributed by atoms with E-state index in [4.69, 9.17) is 16.2 Å². The van der Waals surface area contributed by atoms with Crippen molar-refractivity contribution in [3.63, 3.8) is 0 Å². The quantitative estimate of drug-likeness (QED) is 0.359. The number of aliphatic imine (C=N–C) groups is 2. The summed E-state index contributed by atoms with van der Waals surface area (Å²) in [5.74, 6) is 2.83. The van der Waals surface area contributed by atoms with Gasteiger partial charge in [-0.2, -0.15) is 0 Å². The Labute approximate surface area is 248 Å². The number of piperidine rings is 1. The summed E-state index contributed by atoms with van der Waals surface area (Å²) in [4.78, 5) is 16.9. The molecule has 1 atom stereocenters. The number of amidine groups is 1. The first-order valence-corrected chi connectivity index (χ1v) is 15.4. The SMILES string of the molecule is NC1=NC=NC(NC2CCN(C3CN(C4CN(CC5CNC5)C4)C3)CC2)C1=C(N)c1ccc(Oc2ccccc2)cc1. The van der Waals surface area contributed by atoms with Crippen LogP contribution in [0.3, 0.4) is 0 Å². The molecule has 0 amide bonds. The molecule has 4 saturated heterocycles. The molecule has 0 radical (unpaired) electrons. The lowest BCUT2D eigenvalue weighted by molar-refractivity contribution is -0.0607. The maximum absolute atomic E-state index is 6.69. The maximum Gasteiger partial charge on any atom is 0.134 e. The average molecular weight is 570 g/mol. The number of nitrogens with one attached hydrogen (secondary N) is 2. The van der Waals surface area contributed by atoms with E-state index in [0.29, 0.717) is 23.6 Å². The van der Waals surface area contributed by atoms with Crippen LogP contribution >= 0.6 is 0 Å². The molecular weight excluding hydrogens is 526 g/mol. The fourth-order valence-corrected chi connectivity index (χ4v) is 6.78. The van der Waals surface area contributed by atoms with E-state index in [9.17, 15) is 0 Å². The van der Waals surface area contributed by atoms with Gasteiger partial charge < -0.3 is 21.5 Å². The highest BCUT2D eigenvalue weighted by molar-refractivity contribution is 6.08. The molecule has 0 bridgehead atoms. The van der Waals surface area contributed by atoms with Gasteiger partial charge in [-0.05, 0) is 60.7 Å². The molecule has 7 rings (SSSR count). The highest BCUT2D eigenvalue weighted by atomic mass is 16.5. The third-order valence-electron chi connectivity index (χ3n) is 9.56. The zero-order chi connectivity index (χ0) is 28.5. The van der Waals surface area contributed by atoms with Crippen LogP contribution in [0.1, 0.15) is 18.4 Å². The lowest BCUT2D eigenvalue weighted by Gasteiger charge is -2.55. The largest absolute Gasteiger partial charge is 0.457 e. The molecule has 10 nitrogen and oxygen atoms in total. The van der Waals surface area contributed by atoms with Gasteiger partial charge in [0.15, 0.2) is 0 Å². The standard InChI is InChI=1S/C32H43N9O/c33-30(23-6-8-28(9-7-23)42-27-4-2-1-3-5-27)29-31(34)36-21-37-32(29)38-24-10-12-40(13-11-24)26-19-41(20-26)25-17-39(18-25)16-22-14-35-15-22/h1-9,21-22,24-26,32,35,38H,10-20,33H2,(H2,34,36,37). The molecule has 42 heavy (non-hydrogen) atoms. The second-order valence-electron chi connectivity index (χ2n) is 12.4. The van der Waals surface area contributed by atoms with Gasteiger partial charge in [0.1, 0.15) is 29.8 Å². The minimum atomic E-state index is -0.309. The van der Waals surface area contributed by atoms with Crippen molar-refractivity contribution >= 4 is 17.9 Å². The molecule has 0 spiro atoms. The predicted octanol–water partition coefficient (Wildman–Crippen LogP) is 1.52. The number of hydrogen-bond donors (Lipinski definition) is 4. The molecule has 6 N–H and O–H groups in total. The van der Waals surface area contributed by atoms with Crippen molar-refractivity contribution in [1.82, 2.24) is 25.3 Å². The van der Waals surface area contributed by atoms with Crippen LogP contribution in [0, 0.1) is 5.92 Å². The summed E-state index contributed by atoms with van der Waals surface area (Å²) >= 11 is 0. The van der Waals surface area contributed by atoms with Gasteiger partial charge in [0, 0.05) is 82.7 Å². The summed E-state index contributed by atoms with van der Waals surface area (Å²) < 4.78 is 5.94. The maximum atomic E-state index is 6.69. The Balaban J connectivity index is 0.900. The molecule has 1 unspecified atom stereocenters. The normalized spacial score (nSPS) is 26.3. The molecule has 222 valence electrons. The van der Waals surface area contributed by atoms with Crippen molar-refractivity contribution in [1.29, 1.82) is 0 Å². The van der Waals surface area contributed by atoms with E-state index in [2.05, 4.69) is 35.3 Å². The van der Waals surface area contributed by atoms with Crippen molar-refractivity contribution in [2.24, 2.45) is 27.4 Å². The Hall–Kier alpha value is -3.28. The van der Waals surface area contributed by atoms with Crippen molar-refractivity contribution in [2.45, 2.75) is 37.1 Å². The Kier molecular flexibility index (Phi) is 7.96. The van der Waals surface area contributed by atoms with Gasteiger partial charge in [-0.25, -0.2) is 9.98 Å². The summed E-state index contributed by atoms with van der Waals surface area (Å²) in [6.45, 7) is 10.9. The van der Waals surface area contributed by atoms with Crippen molar-refractivity contribution in [3.05, 3.63) is 65.7 Å². The third-order valence-corrected chi connectivity index (χ3v) is 9.56.